The van der Waals surface area contributed by atoms with E-state index in [1.807, 2.05) is 0 Å². The van der Waals surface area contributed by atoms with Crippen LogP contribution in [0.1, 0.15) is 109 Å². The van der Waals surface area contributed by atoms with Gasteiger partial charge in [0.2, 0.25) is 0 Å². The summed E-state index contributed by atoms with van der Waals surface area (Å²) in [6, 6.07) is 0. The number of aliphatic hydroxyl groups is 4. The molecule has 4 saturated heterocycles. The van der Waals surface area contributed by atoms with Crippen molar-refractivity contribution in [1.82, 2.24) is 39.2 Å². The van der Waals surface area contributed by atoms with Crippen LogP contribution in [-0.4, -0.2) is 343 Å². The average molecular weight is 1210 g/mol. The summed E-state index contributed by atoms with van der Waals surface area (Å²) >= 11 is 0. The molecule has 20 heteroatoms. The summed E-state index contributed by atoms with van der Waals surface area (Å²) in [6.07, 6.45) is 1.28. The molecule has 4 aliphatic rings. The van der Waals surface area contributed by atoms with Crippen LogP contribution in [0.25, 0.3) is 0 Å². The molecule has 0 bridgehead atoms. The Morgan fingerprint density at radius 3 is 0.671 bits per heavy atom. The molecule has 4 heterocycles. The van der Waals surface area contributed by atoms with Crippen molar-refractivity contribution in [2.24, 2.45) is 49.1 Å². The smallest absolute Gasteiger partial charge is 0.0900 e. The molecule has 0 saturated carbocycles. The molecule has 85 heavy (non-hydrogen) atoms. The lowest BCUT2D eigenvalue weighted by atomic mass is 9.92. The van der Waals surface area contributed by atoms with Gasteiger partial charge in [0, 0.05) is 180 Å². The van der Waals surface area contributed by atoms with Gasteiger partial charge in [0.05, 0.1) is 109 Å². The van der Waals surface area contributed by atoms with Crippen molar-refractivity contribution in [2.45, 2.75) is 133 Å². The normalized spacial score (nSPS) is 21.5. The highest BCUT2D eigenvalue weighted by molar-refractivity contribution is 5.83. The summed E-state index contributed by atoms with van der Waals surface area (Å²) in [4.78, 5) is 38.3. The Labute approximate surface area is 517 Å². The molecule has 4 fully saturated rings. The number of aliphatic imine (C=N–C) groups is 4. The third kappa shape index (κ3) is 35.3. The van der Waals surface area contributed by atoms with Gasteiger partial charge in [-0.2, -0.15) is 0 Å². The highest BCUT2D eigenvalue weighted by Gasteiger charge is 2.35. The lowest BCUT2D eigenvalue weighted by Crippen LogP contribution is -2.50. The Kier molecular flexibility index (Phi) is 38.1. The average Bonchev–Trinajstić information content (AvgIpc) is 3.49. The van der Waals surface area contributed by atoms with Crippen LogP contribution in [-0.2, 0) is 18.9 Å². The van der Waals surface area contributed by atoms with Crippen LogP contribution in [0, 0.1) is 29.1 Å². The summed E-state index contributed by atoms with van der Waals surface area (Å²) < 4.78 is 25.9. The molecule has 4 rings (SSSR count). The Morgan fingerprint density at radius 2 is 0.494 bits per heavy atom. The molecule has 0 aliphatic carbocycles. The molecular weight excluding hydrogens is 1080 g/mol. The Morgan fingerprint density at radius 1 is 0.318 bits per heavy atom. The predicted molar refractivity (Wildman–Crippen MR) is 351 cm³/mol. The van der Waals surface area contributed by atoms with Crippen LogP contribution in [0.4, 0.5) is 0 Å². The largest absolute Gasteiger partial charge is 0.389 e. The van der Waals surface area contributed by atoms with E-state index in [1.165, 1.54) is 22.8 Å². The van der Waals surface area contributed by atoms with Gasteiger partial charge in [-0.15, -0.1) is 0 Å². The Bertz CT molecular complexity index is 1580. The Balaban J connectivity index is 1.38. The number of nitrogens with zero attached hydrogens (tertiary/aromatic N) is 12. The Hall–Kier alpha value is -1.96. The first-order chi connectivity index (χ1) is 40.6. The summed E-state index contributed by atoms with van der Waals surface area (Å²) in [7, 11) is 0. The van der Waals surface area contributed by atoms with E-state index >= 15 is 0 Å². The predicted octanol–water partition coefficient (Wildman–Crippen LogP) is 3.98. The molecule has 496 valence electrons. The fraction of sp³-hybridized carbons (Fsp3) is 0.938. The maximum atomic E-state index is 11.4. The molecule has 0 aromatic heterocycles. The second-order valence-electron chi connectivity index (χ2n) is 27.6. The van der Waals surface area contributed by atoms with Crippen LogP contribution < -0.4 is 0 Å². The van der Waals surface area contributed by atoms with Gasteiger partial charge < -0.3 is 39.4 Å². The number of rotatable bonds is 44. The molecule has 0 radical (unpaired) electrons. The lowest BCUT2D eigenvalue weighted by Gasteiger charge is -2.37. The molecule has 4 N–H and O–H groups in total. The van der Waals surface area contributed by atoms with Gasteiger partial charge in [-0.3, -0.25) is 59.2 Å². The molecular formula is C65H128N12O8. The first kappa shape index (κ1) is 75.5. The van der Waals surface area contributed by atoms with Crippen molar-refractivity contribution in [3.05, 3.63) is 0 Å². The molecule has 0 aromatic rings. The molecule has 0 aromatic carbocycles. The van der Waals surface area contributed by atoms with Crippen LogP contribution >= 0.6 is 0 Å². The van der Waals surface area contributed by atoms with Crippen LogP contribution in [0.3, 0.4) is 0 Å². The van der Waals surface area contributed by atoms with Gasteiger partial charge in [-0.05, 0) is 77.0 Å². The number of aliphatic hydroxyl groups excluding tert-OH is 4. The van der Waals surface area contributed by atoms with E-state index in [0.717, 1.165) is 183 Å². The molecule has 0 amide bonds. The van der Waals surface area contributed by atoms with Gasteiger partial charge in [0.1, 0.15) is 0 Å². The fourth-order valence-corrected chi connectivity index (χ4v) is 12.2. The summed E-state index contributed by atoms with van der Waals surface area (Å²) in [5.41, 5.74) is 4.00. The molecule has 0 spiro atoms. The van der Waals surface area contributed by atoms with Gasteiger partial charge in [-0.25, -0.2) is 0 Å². The van der Waals surface area contributed by atoms with E-state index < -0.39 is 29.8 Å². The standard InChI is InChI=1S/C65H128N12O8/c1-53(2)37-57(9)66-13-17-70-21-29-74(30-22-70)41-61(78)45-82-49-65(50-83-46-62(79)42-75-31-23-71(24-32-75)18-14-67-58(10)38-54(3)4,51-84-47-63(80)43-76-33-25-72(26-34-76)19-15-68-59(11)39-55(5)6)52-85-48-64(81)44-77-35-27-73(28-36-77)20-16-69-60(12)40-56(7)8/h53-56,61-64,78-81H,13-52H2,1-12H3/b66-57-,67-58-,68-59+,69-60+. The quantitative estimate of drug-likeness (QED) is 0.0640. The number of piperazine rings is 4. The maximum Gasteiger partial charge on any atom is 0.0900 e. The van der Waals surface area contributed by atoms with Gasteiger partial charge >= 0.3 is 0 Å². The monoisotopic (exact) mass is 1200 g/mol. The second-order valence-corrected chi connectivity index (χ2v) is 27.6. The van der Waals surface area contributed by atoms with E-state index in [2.05, 4.69) is 122 Å². The maximum absolute atomic E-state index is 11.4. The second kappa shape index (κ2) is 42.9. The third-order valence-electron chi connectivity index (χ3n) is 16.6. The summed E-state index contributed by atoms with van der Waals surface area (Å²) in [5.74, 6) is 2.44. The zero-order chi connectivity index (χ0) is 62.0. The summed E-state index contributed by atoms with van der Waals surface area (Å²) in [6.45, 7) is 50.9. The van der Waals surface area contributed by atoms with Crippen LogP contribution in [0.5, 0.6) is 0 Å². The van der Waals surface area contributed by atoms with Crippen molar-refractivity contribution in [1.29, 1.82) is 0 Å². The van der Waals surface area contributed by atoms with Gasteiger partial charge in [0.15, 0.2) is 0 Å². The minimum Gasteiger partial charge on any atom is -0.389 e. The highest BCUT2D eigenvalue weighted by atomic mass is 16.5. The van der Waals surface area contributed by atoms with E-state index in [0.29, 0.717) is 49.9 Å². The third-order valence-corrected chi connectivity index (χ3v) is 16.6. The van der Waals surface area contributed by atoms with Crippen molar-refractivity contribution in [3.8, 4) is 0 Å². The minimum atomic E-state index is -0.884. The molecule has 4 atom stereocenters. The molecule has 20 nitrogen and oxygen atoms in total. The zero-order valence-electron chi connectivity index (χ0n) is 56.2. The molecule has 4 unspecified atom stereocenters. The topological polar surface area (TPSA) is 193 Å². The summed E-state index contributed by atoms with van der Waals surface area (Å²) in [5, 5.41) is 45.8. The number of ether oxygens (including phenoxy) is 4. The van der Waals surface area contributed by atoms with E-state index in [9.17, 15) is 20.4 Å². The fourth-order valence-electron chi connectivity index (χ4n) is 12.2. The van der Waals surface area contributed by atoms with Gasteiger partial charge in [-0.1, -0.05) is 55.4 Å². The van der Waals surface area contributed by atoms with Crippen LogP contribution in [0.15, 0.2) is 20.0 Å². The lowest BCUT2D eigenvalue weighted by molar-refractivity contribution is -0.135. The SMILES string of the molecule is C/C(CC(C)C)=N/CCN1CCN(CC(O)COCC(COCC(O)CN2CCN(CC/N=C(/C)CC(C)C)CC2)(COCC(O)CN2CCN(CC/N=C(\C)CC(C)C)CC2)COCC(O)CN2CCN(CC/N=C(\C)CC(C)C)CC2)CC1. The first-order valence-corrected chi connectivity index (χ1v) is 33.4. The van der Waals surface area contributed by atoms with Crippen LogP contribution in [0.2, 0.25) is 0 Å². The van der Waals surface area contributed by atoms with Crippen molar-refractivity contribution in [3.63, 3.8) is 0 Å². The van der Waals surface area contributed by atoms with Gasteiger partial charge in [0.25, 0.3) is 0 Å². The zero-order valence-corrected chi connectivity index (χ0v) is 56.2. The highest BCUT2D eigenvalue weighted by Crippen LogP contribution is 2.23. The van der Waals surface area contributed by atoms with E-state index in [4.69, 9.17) is 38.9 Å². The number of hydrogen-bond donors (Lipinski definition) is 4. The molecule has 4 aliphatic heterocycles. The van der Waals surface area contributed by atoms with E-state index in [-0.39, 0.29) is 52.9 Å². The van der Waals surface area contributed by atoms with Crippen molar-refractivity contribution < 1.29 is 39.4 Å². The number of hydrogen-bond acceptors (Lipinski definition) is 20. The van der Waals surface area contributed by atoms with Crippen molar-refractivity contribution >= 4 is 22.8 Å². The number of β-amino-alcohol motifs (C(OH)–C–C–N with tert-alkyl or cyclic N) is 4. The van der Waals surface area contributed by atoms with Crippen molar-refractivity contribution in [2.75, 3.05) is 236 Å². The first-order valence-electron chi connectivity index (χ1n) is 33.4. The van der Waals surface area contributed by atoms with E-state index in [1.54, 1.807) is 0 Å². The minimum absolute atomic E-state index is 0.112.